The monoisotopic (exact) mass is 506 g/mol. The van der Waals surface area contributed by atoms with Crippen molar-refractivity contribution >= 4 is 16.8 Å². The number of hydrogen-bond acceptors (Lipinski definition) is 3. The second kappa shape index (κ2) is 11.4. The van der Waals surface area contributed by atoms with Gasteiger partial charge in [0.05, 0.1) is 6.67 Å². The van der Waals surface area contributed by atoms with E-state index in [2.05, 4.69) is 23.1 Å². The van der Waals surface area contributed by atoms with Gasteiger partial charge in [-0.1, -0.05) is 42.5 Å². The zero-order valence-electron chi connectivity index (χ0n) is 20.9. The van der Waals surface area contributed by atoms with E-state index in [0.717, 1.165) is 84.6 Å². The van der Waals surface area contributed by atoms with E-state index >= 15 is 0 Å². The number of anilines is 1. The van der Waals surface area contributed by atoms with Crippen LogP contribution in [0.3, 0.4) is 0 Å². The number of benzene rings is 3. The molecule has 3 aromatic rings. The molecule has 0 saturated carbocycles. The molecule has 2 N–H and O–H groups in total. The second-order valence-corrected chi connectivity index (χ2v) is 9.94. The molecule has 0 spiro atoms. The van der Waals surface area contributed by atoms with Crippen LogP contribution in [0.5, 0.6) is 5.75 Å². The Bertz CT molecular complexity index is 1240. The number of halogens is 3. The molecule has 37 heavy (non-hydrogen) atoms. The van der Waals surface area contributed by atoms with Crippen LogP contribution in [-0.4, -0.2) is 37.3 Å². The first-order valence-electron chi connectivity index (χ1n) is 13.1. The predicted molar refractivity (Wildman–Crippen MR) is 144 cm³/mol. The number of likely N-dealkylation sites (tertiary alicyclic amines) is 1. The Morgan fingerprint density at radius 2 is 1.70 bits per heavy atom. The molecule has 194 valence electrons. The van der Waals surface area contributed by atoms with E-state index in [9.17, 15) is 13.2 Å². The smallest absolute Gasteiger partial charge is 0.263 e. The number of nitrogen functional groups attached to an aromatic ring is 1. The van der Waals surface area contributed by atoms with E-state index in [1.807, 2.05) is 36.4 Å². The number of fused-ring (bicyclic) bond motifs is 1. The first-order chi connectivity index (χ1) is 18.0. The minimum atomic E-state index is -2.48. The molecule has 1 aliphatic carbocycles. The van der Waals surface area contributed by atoms with Gasteiger partial charge in [-0.05, 0) is 89.8 Å². The highest BCUT2D eigenvalue weighted by molar-refractivity contribution is 6.00. The third-order valence-corrected chi connectivity index (χ3v) is 7.37. The maximum atomic E-state index is 13.2. The van der Waals surface area contributed by atoms with Gasteiger partial charge in [-0.2, -0.15) is 0 Å². The van der Waals surface area contributed by atoms with Crippen LogP contribution < -0.4 is 10.5 Å². The van der Waals surface area contributed by atoms with Crippen LogP contribution in [0.25, 0.3) is 11.1 Å². The fraction of sp³-hybridized carbons (Fsp3) is 0.355. The maximum Gasteiger partial charge on any atom is 0.263 e. The van der Waals surface area contributed by atoms with Gasteiger partial charge in [-0.3, -0.25) is 9.29 Å². The maximum absolute atomic E-state index is 13.2. The van der Waals surface area contributed by atoms with Crippen LogP contribution in [0.4, 0.5) is 18.9 Å². The quantitative estimate of drug-likeness (QED) is 0.326. The van der Waals surface area contributed by atoms with Gasteiger partial charge in [-0.15, -0.1) is 0 Å². The lowest BCUT2D eigenvalue weighted by atomic mass is 9.87. The van der Waals surface area contributed by atoms with E-state index in [1.165, 1.54) is 17.7 Å². The molecule has 2 aliphatic rings. The summed E-state index contributed by atoms with van der Waals surface area (Å²) in [6.45, 7) is 2.24. The fourth-order valence-electron chi connectivity index (χ4n) is 5.53. The SMILES string of the molecule is Nc1ccc2c(c1)CCCC(c1ccc(C(F)F)cc1)=C2c1ccc(O[C@H]2CCN(CCCF)C2)cc1. The molecule has 0 radical (unpaired) electrons. The molecule has 5 rings (SSSR count). The van der Waals surface area contributed by atoms with Gasteiger partial charge in [0.1, 0.15) is 11.9 Å². The standard InChI is InChI=1S/C31H33F3N2O/c32-16-2-17-36-18-15-27(20-36)37-26-12-9-22(10-13-26)30-28(21-5-7-23(8-6-21)31(33)34)4-1-3-24-19-25(35)11-14-29(24)30/h5-14,19,27,31H,1-4,15-18,20,35H2/t27-/m0/s1. The number of nitrogens with zero attached hydrogens (tertiary/aromatic N) is 1. The third kappa shape index (κ3) is 5.85. The molecule has 0 amide bonds. The average Bonchev–Trinajstić information content (AvgIpc) is 3.26. The molecular weight excluding hydrogens is 473 g/mol. The summed E-state index contributed by atoms with van der Waals surface area (Å²) in [5.74, 6) is 0.815. The summed E-state index contributed by atoms with van der Waals surface area (Å²) >= 11 is 0. The molecule has 3 nitrogen and oxygen atoms in total. The average molecular weight is 507 g/mol. The van der Waals surface area contributed by atoms with E-state index < -0.39 is 6.43 Å². The van der Waals surface area contributed by atoms with E-state index in [1.54, 1.807) is 0 Å². The predicted octanol–water partition coefficient (Wildman–Crippen LogP) is 7.31. The van der Waals surface area contributed by atoms with Crippen LogP contribution in [0.1, 0.15) is 59.9 Å². The molecule has 1 fully saturated rings. The highest BCUT2D eigenvalue weighted by Crippen LogP contribution is 2.41. The first kappa shape index (κ1) is 25.4. The Hall–Kier alpha value is -3.25. The lowest BCUT2D eigenvalue weighted by molar-refractivity contribution is 0.151. The Kier molecular flexibility index (Phi) is 7.85. The molecule has 0 unspecified atom stereocenters. The Morgan fingerprint density at radius 1 is 0.946 bits per heavy atom. The zero-order valence-corrected chi connectivity index (χ0v) is 20.9. The van der Waals surface area contributed by atoms with E-state index in [-0.39, 0.29) is 18.3 Å². The molecule has 1 atom stereocenters. The van der Waals surface area contributed by atoms with Gasteiger partial charge in [0.25, 0.3) is 6.43 Å². The second-order valence-electron chi connectivity index (χ2n) is 9.94. The van der Waals surface area contributed by atoms with Crippen LogP contribution in [0, 0.1) is 0 Å². The summed E-state index contributed by atoms with van der Waals surface area (Å²) < 4.78 is 45.1. The van der Waals surface area contributed by atoms with Crippen molar-refractivity contribution in [1.29, 1.82) is 0 Å². The number of rotatable bonds is 8. The molecule has 1 aliphatic heterocycles. The fourth-order valence-corrected chi connectivity index (χ4v) is 5.53. The minimum Gasteiger partial charge on any atom is -0.489 e. The number of alkyl halides is 3. The van der Waals surface area contributed by atoms with Crippen LogP contribution in [0.15, 0.2) is 66.7 Å². The number of aryl methyl sites for hydroxylation is 1. The number of nitrogens with two attached hydrogens (primary N) is 1. The molecule has 1 saturated heterocycles. The van der Waals surface area contributed by atoms with E-state index in [0.29, 0.717) is 6.42 Å². The van der Waals surface area contributed by atoms with Crippen molar-refractivity contribution in [3.05, 3.63) is 94.5 Å². The summed E-state index contributed by atoms with van der Waals surface area (Å²) in [4.78, 5) is 2.25. The summed E-state index contributed by atoms with van der Waals surface area (Å²) in [5.41, 5.74) is 13.5. The molecule has 3 aromatic carbocycles. The molecule has 6 heteroatoms. The summed E-state index contributed by atoms with van der Waals surface area (Å²) in [6.07, 6.45) is 1.83. The highest BCUT2D eigenvalue weighted by Gasteiger charge is 2.24. The number of allylic oxidation sites excluding steroid dienone is 1. The number of ether oxygens (including phenoxy) is 1. The van der Waals surface area contributed by atoms with Gasteiger partial charge in [-0.25, -0.2) is 8.78 Å². The van der Waals surface area contributed by atoms with Crippen molar-refractivity contribution in [3.63, 3.8) is 0 Å². The van der Waals surface area contributed by atoms with Crippen molar-refractivity contribution in [2.75, 3.05) is 32.0 Å². The van der Waals surface area contributed by atoms with Crippen molar-refractivity contribution in [2.24, 2.45) is 0 Å². The van der Waals surface area contributed by atoms with Gasteiger partial charge < -0.3 is 10.5 Å². The van der Waals surface area contributed by atoms with Gasteiger partial charge in [0.15, 0.2) is 0 Å². The third-order valence-electron chi connectivity index (χ3n) is 7.37. The molecule has 0 aromatic heterocycles. The topological polar surface area (TPSA) is 38.5 Å². The summed E-state index contributed by atoms with van der Waals surface area (Å²) in [7, 11) is 0. The van der Waals surface area contributed by atoms with Gasteiger partial charge in [0.2, 0.25) is 0 Å². The summed E-state index contributed by atoms with van der Waals surface area (Å²) in [6, 6.07) is 20.9. The Morgan fingerprint density at radius 3 is 2.43 bits per heavy atom. The Balaban J connectivity index is 1.47. The van der Waals surface area contributed by atoms with Crippen LogP contribution >= 0.6 is 0 Å². The van der Waals surface area contributed by atoms with Crippen molar-refractivity contribution in [1.82, 2.24) is 4.90 Å². The van der Waals surface area contributed by atoms with Gasteiger partial charge in [0, 0.05) is 30.9 Å². The van der Waals surface area contributed by atoms with Crippen molar-refractivity contribution < 1.29 is 17.9 Å². The highest BCUT2D eigenvalue weighted by atomic mass is 19.3. The van der Waals surface area contributed by atoms with Crippen molar-refractivity contribution in [3.8, 4) is 5.75 Å². The Labute approximate surface area is 216 Å². The largest absolute Gasteiger partial charge is 0.489 e. The van der Waals surface area contributed by atoms with Crippen LogP contribution in [0.2, 0.25) is 0 Å². The first-order valence-corrected chi connectivity index (χ1v) is 13.1. The lowest BCUT2D eigenvalue weighted by Crippen LogP contribution is -2.26. The minimum absolute atomic E-state index is 0.0318. The molecule has 0 bridgehead atoms. The molecular formula is C31H33F3N2O. The van der Waals surface area contributed by atoms with Crippen molar-refractivity contribution in [2.45, 2.75) is 44.6 Å². The molecule has 1 heterocycles. The summed E-state index contributed by atoms with van der Waals surface area (Å²) in [5, 5.41) is 0. The normalized spacial score (nSPS) is 18.2. The zero-order chi connectivity index (χ0) is 25.8. The number of hydrogen-bond donors (Lipinski definition) is 1. The lowest BCUT2D eigenvalue weighted by Gasteiger charge is -2.19. The van der Waals surface area contributed by atoms with Gasteiger partial charge >= 0.3 is 0 Å². The van der Waals surface area contributed by atoms with Crippen LogP contribution in [-0.2, 0) is 6.42 Å². The van der Waals surface area contributed by atoms with E-state index in [4.69, 9.17) is 10.5 Å².